The van der Waals surface area contributed by atoms with Crippen molar-refractivity contribution in [3.05, 3.63) is 52.1 Å². The molecule has 2 rings (SSSR count). The summed E-state index contributed by atoms with van der Waals surface area (Å²) in [5, 5.41) is 24.5. The first kappa shape index (κ1) is 19.5. The van der Waals surface area contributed by atoms with Gasteiger partial charge in [0.05, 0.1) is 6.10 Å². The molecule has 1 aromatic rings. The minimum absolute atomic E-state index is 0.0674. The number of phenolic OH excluding ortho intramolecular Hbond substituents is 1. The molecule has 25 heavy (non-hydrogen) atoms. The van der Waals surface area contributed by atoms with Crippen LogP contribution in [-0.4, -0.2) is 16.3 Å². The van der Waals surface area contributed by atoms with Gasteiger partial charge in [0.1, 0.15) is 11.6 Å². The van der Waals surface area contributed by atoms with Crippen molar-refractivity contribution in [3.63, 3.8) is 0 Å². The van der Waals surface area contributed by atoms with E-state index in [-0.39, 0.29) is 23.5 Å². The molecule has 4 heteroatoms. The molecule has 0 aromatic heterocycles. The van der Waals surface area contributed by atoms with Crippen molar-refractivity contribution in [3.8, 4) is 5.75 Å². The van der Waals surface area contributed by atoms with E-state index in [9.17, 15) is 14.6 Å². The molecule has 0 saturated carbocycles. The monoisotopic (exact) mass is 347 g/mol. The van der Waals surface area contributed by atoms with Crippen LogP contribution in [0.25, 0.3) is 0 Å². The van der Waals surface area contributed by atoms with Crippen LogP contribution >= 0.6 is 0 Å². The molecule has 3 N–H and O–H groups in total. The first-order chi connectivity index (χ1) is 11.7. The van der Waals surface area contributed by atoms with Gasteiger partial charge in [-0.1, -0.05) is 40.7 Å². The summed E-state index contributed by atoms with van der Waals surface area (Å²) in [5.41, 5.74) is 4.76. The summed E-state index contributed by atoms with van der Waals surface area (Å²) in [5.74, 6) is -0.303. The van der Waals surface area contributed by atoms with Crippen LogP contribution in [0.5, 0.6) is 5.75 Å². The molecule has 0 fully saturated rings. The van der Waals surface area contributed by atoms with Crippen LogP contribution in [-0.2, 0) is 0 Å². The number of hydrogen-bond acceptors (Lipinski definition) is 3. The van der Waals surface area contributed by atoms with Crippen LogP contribution in [0.15, 0.2) is 40.7 Å². The second kappa shape index (κ2) is 7.61. The van der Waals surface area contributed by atoms with Crippen molar-refractivity contribution in [2.24, 2.45) is 11.8 Å². The molecule has 0 bridgehead atoms. The quantitative estimate of drug-likeness (QED) is 0.715. The van der Waals surface area contributed by atoms with E-state index >= 15 is 0 Å². The zero-order valence-corrected chi connectivity index (χ0v) is 16.0. The highest BCUT2D eigenvalue weighted by atomic mass is 19.1. The molecule has 0 saturated heterocycles. The Kier molecular flexibility index (Phi) is 5.94. The second-order valence-electron chi connectivity index (χ2n) is 7.41. The standard InChI is InChI=1S/C21H30FNO2/c1-7-15-19(16-9-8-14(22)10-17(16)25)18(13(6)24)21(12(4)5)23-20(15)11(2)3/h8-13,19,23-25H,7H2,1-6H3/t13-,19-/m1/s1. The van der Waals surface area contributed by atoms with Gasteiger partial charge in [-0.15, -0.1) is 0 Å². The van der Waals surface area contributed by atoms with Gasteiger partial charge in [-0.3, -0.25) is 0 Å². The number of allylic oxidation sites excluding steroid dienone is 3. The fraction of sp³-hybridized carbons (Fsp3) is 0.524. The van der Waals surface area contributed by atoms with E-state index in [0.29, 0.717) is 5.56 Å². The first-order valence-corrected chi connectivity index (χ1v) is 9.09. The van der Waals surface area contributed by atoms with Crippen molar-refractivity contribution in [2.45, 2.75) is 60.0 Å². The number of phenols is 1. The van der Waals surface area contributed by atoms with E-state index in [1.165, 1.54) is 6.07 Å². The number of aromatic hydroxyl groups is 1. The number of nitrogens with one attached hydrogen (secondary N) is 1. The molecule has 1 aromatic carbocycles. The van der Waals surface area contributed by atoms with E-state index in [1.54, 1.807) is 13.0 Å². The van der Waals surface area contributed by atoms with Gasteiger partial charge in [0.15, 0.2) is 0 Å². The molecule has 3 nitrogen and oxygen atoms in total. The fourth-order valence-corrected chi connectivity index (χ4v) is 3.77. The number of aliphatic hydroxyl groups is 1. The number of rotatable bonds is 5. The van der Waals surface area contributed by atoms with Gasteiger partial charge in [0, 0.05) is 28.9 Å². The van der Waals surface area contributed by atoms with Crippen molar-refractivity contribution < 1.29 is 14.6 Å². The minimum Gasteiger partial charge on any atom is -0.508 e. The van der Waals surface area contributed by atoms with Crippen LogP contribution in [0.2, 0.25) is 0 Å². The zero-order chi connectivity index (χ0) is 18.9. The average Bonchev–Trinajstić information content (AvgIpc) is 2.52. The van der Waals surface area contributed by atoms with Gasteiger partial charge in [0.2, 0.25) is 0 Å². The van der Waals surface area contributed by atoms with Gasteiger partial charge in [-0.05, 0) is 42.4 Å². The predicted octanol–water partition coefficient (Wildman–Crippen LogP) is 4.83. The maximum Gasteiger partial charge on any atom is 0.126 e. The van der Waals surface area contributed by atoms with E-state index < -0.39 is 11.9 Å². The summed E-state index contributed by atoms with van der Waals surface area (Å²) >= 11 is 0. The number of aliphatic hydroxyl groups excluding tert-OH is 1. The summed E-state index contributed by atoms with van der Waals surface area (Å²) in [6.45, 7) is 12.3. The highest BCUT2D eigenvalue weighted by Crippen LogP contribution is 2.46. The molecule has 1 heterocycles. The zero-order valence-electron chi connectivity index (χ0n) is 16.0. The Morgan fingerprint density at radius 1 is 1.08 bits per heavy atom. The molecule has 2 atom stereocenters. The fourth-order valence-electron chi connectivity index (χ4n) is 3.77. The normalized spacial score (nSPS) is 19.7. The molecule has 1 aliphatic rings. The third-order valence-electron chi connectivity index (χ3n) is 4.87. The second-order valence-corrected chi connectivity index (χ2v) is 7.41. The topological polar surface area (TPSA) is 52.5 Å². The Hall–Kier alpha value is -1.81. The molecular weight excluding hydrogens is 317 g/mol. The van der Waals surface area contributed by atoms with Crippen molar-refractivity contribution in [2.75, 3.05) is 0 Å². The highest BCUT2D eigenvalue weighted by molar-refractivity contribution is 5.52. The van der Waals surface area contributed by atoms with Gasteiger partial charge in [-0.25, -0.2) is 4.39 Å². The number of benzene rings is 1. The van der Waals surface area contributed by atoms with Crippen molar-refractivity contribution in [1.29, 1.82) is 0 Å². The summed E-state index contributed by atoms with van der Waals surface area (Å²) in [6.07, 6.45) is 0.110. The molecule has 0 amide bonds. The number of hydrogen-bond donors (Lipinski definition) is 3. The maximum atomic E-state index is 13.5. The molecule has 0 radical (unpaired) electrons. The highest BCUT2D eigenvalue weighted by Gasteiger charge is 2.35. The first-order valence-electron chi connectivity index (χ1n) is 9.09. The van der Waals surface area contributed by atoms with E-state index in [1.807, 2.05) is 0 Å². The van der Waals surface area contributed by atoms with Gasteiger partial charge >= 0.3 is 0 Å². The number of halogens is 1. The van der Waals surface area contributed by atoms with Crippen LogP contribution in [0.4, 0.5) is 4.39 Å². The summed E-state index contributed by atoms with van der Waals surface area (Å²) < 4.78 is 13.5. The molecule has 0 spiro atoms. The lowest BCUT2D eigenvalue weighted by molar-refractivity contribution is 0.219. The summed E-state index contributed by atoms with van der Waals surface area (Å²) in [6, 6.07) is 4.15. The Balaban J connectivity index is 2.79. The van der Waals surface area contributed by atoms with Crippen LogP contribution in [0.1, 0.15) is 59.4 Å². The lowest BCUT2D eigenvalue weighted by Crippen LogP contribution is -2.34. The third kappa shape index (κ3) is 3.74. The molecular formula is C21H30FNO2. The van der Waals surface area contributed by atoms with E-state index in [2.05, 4.69) is 39.9 Å². The molecule has 0 aliphatic carbocycles. The lowest BCUT2D eigenvalue weighted by atomic mass is 9.74. The van der Waals surface area contributed by atoms with E-state index in [0.717, 1.165) is 35.0 Å². The van der Waals surface area contributed by atoms with Crippen LogP contribution < -0.4 is 5.32 Å². The summed E-state index contributed by atoms with van der Waals surface area (Å²) in [7, 11) is 0. The van der Waals surface area contributed by atoms with Gasteiger partial charge in [0.25, 0.3) is 0 Å². The summed E-state index contributed by atoms with van der Waals surface area (Å²) in [4.78, 5) is 0. The van der Waals surface area contributed by atoms with Crippen LogP contribution in [0.3, 0.4) is 0 Å². The largest absolute Gasteiger partial charge is 0.508 e. The molecule has 0 unspecified atom stereocenters. The maximum absolute atomic E-state index is 13.5. The Labute approximate surface area is 150 Å². The molecule has 1 aliphatic heterocycles. The molecule has 138 valence electrons. The van der Waals surface area contributed by atoms with Crippen molar-refractivity contribution >= 4 is 0 Å². The third-order valence-corrected chi connectivity index (χ3v) is 4.87. The SMILES string of the molecule is CCC1=C(C(C)C)NC(C(C)C)=C([C@@H](C)O)[C@H]1c1ccc(F)cc1O. The smallest absolute Gasteiger partial charge is 0.126 e. The Bertz CT molecular complexity index is 702. The predicted molar refractivity (Wildman–Crippen MR) is 99.6 cm³/mol. The number of dihydropyridines is 1. The van der Waals surface area contributed by atoms with Gasteiger partial charge in [-0.2, -0.15) is 0 Å². The Morgan fingerprint density at radius 2 is 1.68 bits per heavy atom. The van der Waals surface area contributed by atoms with Crippen LogP contribution in [0, 0.1) is 17.7 Å². The van der Waals surface area contributed by atoms with E-state index in [4.69, 9.17) is 0 Å². The minimum atomic E-state index is -0.672. The average molecular weight is 347 g/mol. The Morgan fingerprint density at radius 3 is 2.12 bits per heavy atom. The van der Waals surface area contributed by atoms with Gasteiger partial charge < -0.3 is 15.5 Å². The van der Waals surface area contributed by atoms with Crippen molar-refractivity contribution in [1.82, 2.24) is 5.32 Å². The lowest BCUT2D eigenvalue weighted by Gasteiger charge is -2.38.